The highest BCUT2D eigenvalue weighted by molar-refractivity contribution is 6.18. The monoisotopic (exact) mass is 966 g/mol. The van der Waals surface area contributed by atoms with Gasteiger partial charge in [0.2, 0.25) is 12.6 Å². The fourth-order valence-electron chi connectivity index (χ4n) is 10.5. The minimum atomic E-state index is -1.53. The van der Waals surface area contributed by atoms with Crippen molar-refractivity contribution in [3.8, 4) is 23.0 Å². The summed E-state index contributed by atoms with van der Waals surface area (Å²) in [5, 5.41) is 27.7. The summed E-state index contributed by atoms with van der Waals surface area (Å²) in [6, 6.07) is 10.2. The molecule has 0 saturated heterocycles. The average molecular weight is 967 g/mol. The zero-order valence-electron chi connectivity index (χ0n) is 40.4. The Morgan fingerprint density at radius 1 is 0.912 bits per heavy atom. The number of nitrogens with zero attached hydrogens (tertiary/aromatic N) is 2. The van der Waals surface area contributed by atoms with Gasteiger partial charge in [0.1, 0.15) is 30.8 Å². The van der Waals surface area contributed by atoms with Gasteiger partial charge in [0.15, 0.2) is 11.5 Å². The molecule has 6 rings (SSSR count). The second-order valence-corrected chi connectivity index (χ2v) is 18.7. The zero-order chi connectivity index (χ0) is 48.1. The Morgan fingerprint density at radius 2 is 1.63 bits per heavy atom. The Balaban J connectivity index is 1.39. The number of hydrogen-bond donors (Lipinski definition) is 3. The number of aliphatic hydroxyl groups excluding tert-OH is 2. The Hall–Kier alpha value is -4.50. The van der Waals surface area contributed by atoms with Crippen LogP contribution in [0.25, 0.3) is 0 Å². The van der Waals surface area contributed by atoms with E-state index < -0.39 is 29.9 Å². The smallest absolute Gasteiger partial charge is 0.412 e. The molecule has 1 saturated carbocycles. The van der Waals surface area contributed by atoms with Crippen molar-refractivity contribution in [2.45, 2.75) is 147 Å². The number of fused-ring (bicyclic) bond motifs is 3. The normalized spacial score (nSPS) is 22.6. The van der Waals surface area contributed by atoms with Crippen LogP contribution in [0, 0.1) is 17.8 Å². The van der Waals surface area contributed by atoms with E-state index in [1.807, 2.05) is 37.3 Å². The van der Waals surface area contributed by atoms with E-state index in [0.29, 0.717) is 54.7 Å². The van der Waals surface area contributed by atoms with Gasteiger partial charge in [-0.05, 0) is 92.3 Å². The maximum atomic E-state index is 14.6. The highest BCUT2D eigenvalue weighted by Gasteiger charge is 2.65. The molecule has 376 valence electrons. The first-order valence-corrected chi connectivity index (χ1v) is 25.9. The summed E-state index contributed by atoms with van der Waals surface area (Å²) in [5.74, 6) is -0.233. The van der Waals surface area contributed by atoms with Gasteiger partial charge in [-0.2, -0.15) is 0 Å². The molecule has 0 spiro atoms. The van der Waals surface area contributed by atoms with Gasteiger partial charge in [0.25, 0.3) is 0 Å². The Labute approximate surface area is 408 Å². The number of carbonyl (C=O) groups excluding carboxylic acids is 2. The molecule has 3 N–H and O–H groups in total. The molecule has 14 nitrogen and oxygen atoms in total. The molecule has 6 atom stereocenters. The van der Waals surface area contributed by atoms with Crippen LogP contribution in [-0.4, -0.2) is 97.1 Å². The van der Waals surface area contributed by atoms with Crippen LogP contribution in [0.3, 0.4) is 0 Å². The molecular weight excluding hydrogens is 890 g/mol. The summed E-state index contributed by atoms with van der Waals surface area (Å²) < 4.78 is 37.6. The first-order valence-electron chi connectivity index (χ1n) is 25.4. The number of alkyl halides is 1. The third-order valence-electron chi connectivity index (χ3n) is 13.7. The molecule has 2 aliphatic carbocycles. The van der Waals surface area contributed by atoms with E-state index in [1.54, 1.807) is 17.0 Å². The van der Waals surface area contributed by atoms with Crippen molar-refractivity contribution in [1.29, 1.82) is 0 Å². The molecule has 68 heavy (non-hydrogen) atoms. The van der Waals surface area contributed by atoms with Crippen LogP contribution in [-0.2, 0) is 20.9 Å². The van der Waals surface area contributed by atoms with Gasteiger partial charge in [-0.25, -0.2) is 9.59 Å². The fraction of sp³-hybridized carbons (Fsp3) is 0.642. The summed E-state index contributed by atoms with van der Waals surface area (Å²) in [6.45, 7) is 9.37. The van der Waals surface area contributed by atoms with Crippen molar-refractivity contribution >= 4 is 29.5 Å². The van der Waals surface area contributed by atoms with E-state index in [0.717, 1.165) is 61.6 Å². The number of allylic oxidation sites excluding steroid dienone is 1. The van der Waals surface area contributed by atoms with Crippen molar-refractivity contribution in [2.24, 2.45) is 22.9 Å². The number of rotatable bonds is 30. The number of oxime groups is 1. The molecule has 0 unspecified atom stereocenters. The molecule has 0 aromatic heterocycles. The number of halogens is 1. The molecule has 15 heteroatoms. The number of nitrogens with one attached hydrogen (secondary N) is 1. The van der Waals surface area contributed by atoms with E-state index in [2.05, 4.69) is 24.9 Å². The van der Waals surface area contributed by atoms with E-state index >= 15 is 0 Å². The van der Waals surface area contributed by atoms with Gasteiger partial charge in [0.05, 0.1) is 24.1 Å². The number of unbranched alkanes of at least 4 members (excludes halogenated alkanes) is 11. The standard InChI is InChI=1S/C53H76ClN3O11/c1-4-7-8-9-10-11-12-13-14-17-27-55-51(60)67-40-23-25-45-43(34-40)49-41(21-16-19-29-59)39(20-15-18-28-58)33-42-44(56-66-6-3)35-48(53(68-45,50(42)49)65-30-5-2)57(52(61)62-31-26-54)36-38-22-24-46-47(32-38)64-37-63-46/h5,22-25,32-34,39,41,48-50,58-59H,2,4,6-21,26-31,35-37H2,1,3H3,(H,55,60)/t39-,41+,48-,49+,50+,53+/m0/s1. The first-order chi connectivity index (χ1) is 33.3. The van der Waals surface area contributed by atoms with Gasteiger partial charge in [0, 0.05) is 44.2 Å². The number of carbonyl (C=O) groups is 2. The van der Waals surface area contributed by atoms with Crippen LogP contribution >= 0.6 is 11.6 Å². The summed E-state index contributed by atoms with van der Waals surface area (Å²) in [7, 11) is 0. The lowest BCUT2D eigenvalue weighted by Crippen LogP contribution is -2.70. The maximum Gasteiger partial charge on any atom is 0.412 e. The predicted molar refractivity (Wildman–Crippen MR) is 263 cm³/mol. The minimum absolute atomic E-state index is 0.0234. The van der Waals surface area contributed by atoms with Crippen LogP contribution in [0.1, 0.15) is 140 Å². The van der Waals surface area contributed by atoms with Gasteiger partial charge in [-0.15, -0.1) is 18.2 Å². The van der Waals surface area contributed by atoms with E-state index in [1.165, 1.54) is 44.9 Å². The molecule has 4 aliphatic rings. The Bertz CT molecular complexity index is 1980. The number of hydrogen-bond acceptors (Lipinski definition) is 12. The van der Waals surface area contributed by atoms with E-state index in [4.69, 9.17) is 50.0 Å². The number of amides is 2. The van der Waals surface area contributed by atoms with E-state index in [-0.39, 0.29) is 69.8 Å². The summed E-state index contributed by atoms with van der Waals surface area (Å²) in [5.41, 5.74) is 3.14. The predicted octanol–water partition coefficient (Wildman–Crippen LogP) is 11.0. The first kappa shape index (κ1) is 52.9. The molecule has 0 radical (unpaired) electrons. The van der Waals surface area contributed by atoms with Crippen LogP contribution in [0.2, 0.25) is 0 Å². The summed E-state index contributed by atoms with van der Waals surface area (Å²) in [4.78, 5) is 35.5. The second kappa shape index (κ2) is 27.6. The zero-order valence-corrected chi connectivity index (χ0v) is 41.2. The molecular formula is C53H76ClN3O11. The highest BCUT2D eigenvalue weighted by atomic mass is 35.5. The fourth-order valence-corrected chi connectivity index (χ4v) is 10.6. The van der Waals surface area contributed by atoms with Crippen LogP contribution < -0.4 is 24.3 Å². The molecule has 0 bridgehead atoms. The average Bonchev–Trinajstić information content (AvgIpc) is 3.82. The number of benzene rings is 2. The molecule has 2 aromatic rings. The minimum Gasteiger partial charge on any atom is -0.459 e. The lowest BCUT2D eigenvalue weighted by Gasteiger charge is -2.59. The summed E-state index contributed by atoms with van der Waals surface area (Å²) in [6.07, 6.45) is 19.4. The Kier molecular flexibility index (Phi) is 21.5. The Morgan fingerprint density at radius 3 is 2.35 bits per heavy atom. The summed E-state index contributed by atoms with van der Waals surface area (Å²) >= 11 is 6.11. The molecule has 2 aromatic carbocycles. The van der Waals surface area contributed by atoms with Crippen molar-refractivity contribution < 1.29 is 53.1 Å². The maximum absolute atomic E-state index is 14.6. The van der Waals surface area contributed by atoms with Crippen molar-refractivity contribution in [1.82, 2.24) is 10.2 Å². The molecule has 2 heterocycles. The van der Waals surface area contributed by atoms with Gasteiger partial charge in [-0.3, -0.25) is 4.90 Å². The number of aliphatic hydroxyl groups is 2. The van der Waals surface area contributed by atoms with Gasteiger partial charge >= 0.3 is 12.2 Å². The van der Waals surface area contributed by atoms with Gasteiger partial charge < -0.3 is 48.8 Å². The lowest BCUT2D eigenvalue weighted by molar-refractivity contribution is -0.256. The number of ether oxygens (including phenoxy) is 6. The molecule has 2 aliphatic heterocycles. The van der Waals surface area contributed by atoms with E-state index in [9.17, 15) is 19.8 Å². The second-order valence-electron chi connectivity index (χ2n) is 18.3. The highest BCUT2D eigenvalue weighted by Crippen LogP contribution is 2.62. The van der Waals surface area contributed by atoms with Crippen molar-refractivity contribution in [3.05, 3.63) is 71.8 Å². The molecule has 1 fully saturated rings. The van der Waals surface area contributed by atoms with Crippen LogP contribution in [0.15, 0.2) is 65.9 Å². The van der Waals surface area contributed by atoms with Crippen molar-refractivity contribution in [2.75, 3.05) is 52.3 Å². The third-order valence-corrected chi connectivity index (χ3v) is 13.8. The van der Waals surface area contributed by atoms with Crippen LogP contribution in [0.5, 0.6) is 23.0 Å². The van der Waals surface area contributed by atoms with Crippen molar-refractivity contribution in [3.63, 3.8) is 0 Å². The topological polar surface area (TPSA) is 167 Å². The molecule has 2 amide bonds. The van der Waals surface area contributed by atoms with Crippen LogP contribution in [0.4, 0.5) is 9.59 Å². The quantitative estimate of drug-likeness (QED) is 0.0295. The van der Waals surface area contributed by atoms with Gasteiger partial charge in [-0.1, -0.05) is 101 Å². The largest absolute Gasteiger partial charge is 0.459 e. The SMILES string of the molecule is C=CCO[C@@]12Oc3ccc(OC(=O)NCCCCCCCCCCCC)cc3[C@H]3[C@H](CCCCO)[C@@H](CCCCO)C=C(C(=NOCC)C[C@@H]1N(Cc1ccc4c(c1)OCO4)C(=O)OCCCl)[C@H]32. The lowest BCUT2D eigenvalue weighted by atomic mass is 9.55. The third kappa shape index (κ3) is 13.6.